The van der Waals surface area contributed by atoms with Gasteiger partial charge in [-0.05, 0) is 15.9 Å². The molecule has 0 aliphatic carbocycles. The summed E-state index contributed by atoms with van der Waals surface area (Å²) in [6.07, 6.45) is -0.717. The van der Waals surface area contributed by atoms with E-state index in [9.17, 15) is 8.78 Å². The van der Waals surface area contributed by atoms with Gasteiger partial charge in [0.15, 0.2) is 0 Å². The lowest BCUT2D eigenvalue weighted by Gasteiger charge is -2.38. The first-order valence-corrected chi connectivity index (χ1v) is 5.50. The van der Waals surface area contributed by atoms with Crippen LogP contribution in [0.25, 0.3) is 0 Å². The summed E-state index contributed by atoms with van der Waals surface area (Å²) in [4.78, 5) is 9.85. The molecule has 2 rings (SSSR count). The standard InChI is InChI=1S/C9H10BrF2N3O/c1-16-8-6(10)2-13-9(14-8)15-3-5(4-15)7(11)12/h2,5,7H,3-4H2,1H3. The first-order valence-electron chi connectivity index (χ1n) is 4.71. The second-order valence-corrected chi connectivity index (χ2v) is 4.38. The highest BCUT2D eigenvalue weighted by Crippen LogP contribution is 2.29. The van der Waals surface area contributed by atoms with Crippen molar-refractivity contribution in [2.24, 2.45) is 5.92 Å². The zero-order valence-corrected chi connectivity index (χ0v) is 10.1. The molecule has 1 aliphatic rings. The van der Waals surface area contributed by atoms with Gasteiger partial charge >= 0.3 is 0 Å². The van der Waals surface area contributed by atoms with Crippen LogP contribution in [-0.4, -0.2) is 36.6 Å². The number of rotatable bonds is 3. The van der Waals surface area contributed by atoms with Crippen LogP contribution < -0.4 is 9.64 Å². The third-order valence-corrected chi connectivity index (χ3v) is 2.99. The Bertz CT molecular complexity index is 385. The van der Waals surface area contributed by atoms with Crippen molar-refractivity contribution >= 4 is 21.9 Å². The number of ether oxygens (including phenoxy) is 1. The molecule has 88 valence electrons. The van der Waals surface area contributed by atoms with Crippen molar-refractivity contribution in [1.29, 1.82) is 0 Å². The van der Waals surface area contributed by atoms with Crippen LogP contribution in [0.4, 0.5) is 14.7 Å². The van der Waals surface area contributed by atoms with Crippen molar-refractivity contribution in [1.82, 2.24) is 9.97 Å². The number of alkyl halides is 2. The zero-order valence-electron chi connectivity index (χ0n) is 8.53. The first-order chi connectivity index (χ1) is 7.61. The van der Waals surface area contributed by atoms with E-state index in [-0.39, 0.29) is 0 Å². The van der Waals surface area contributed by atoms with Crippen LogP contribution in [0, 0.1) is 5.92 Å². The quantitative estimate of drug-likeness (QED) is 0.854. The molecule has 0 radical (unpaired) electrons. The summed E-state index contributed by atoms with van der Waals surface area (Å²) in [6, 6.07) is 0. The Morgan fingerprint density at radius 2 is 2.25 bits per heavy atom. The highest BCUT2D eigenvalue weighted by molar-refractivity contribution is 9.10. The minimum atomic E-state index is -2.27. The maximum absolute atomic E-state index is 12.3. The molecule has 1 fully saturated rings. The summed E-state index contributed by atoms with van der Waals surface area (Å²) in [5, 5.41) is 0. The Kier molecular flexibility index (Phi) is 3.22. The number of hydrogen-bond donors (Lipinski definition) is 0. The molecular formula is C9H10BrF2N3O. The Hall–Kier alpha value is -0.980. The van der Waals surface area contributed by atoms with Crippen LogP contribution in [0.15, 0.2) is 10.7 Å². The fourth-order valence-electron chi connectivity index (χ4n) is 1.47. The SMILES string of the molecule is COc1nc(N2CC(C(F)F)C2)ncc1Br. The van der Waals surface area contributed by atoms with Crippen molar-refractivity contribution in [2.75, 3.05) is 25.1 Å². The fraction of sp³-hybridized carbons (Fsp3) is 0.556. The minimum absolute atomic E-state index is 0.294. The summed E-state index contributed by atoms with van der Waals surface area (Å²) in [5.41, 5.74) is 0. The van der Waals surface area contributed by atoms with Gasteiger partial charge in [-0.1, -0.05) is 0 Å². The summed E-state index contributed by atoms with van der Waals surface area (Å²) in [7, 11) is 1.49. The number of methoxy groups -OCH3 is 1. The summed E-state index contributed by atoms with van der Waals surface area (Å²) < 4.78 is 30.2. The van der Waals surface area contributed by atoms with Crippen LogP contribution in [0.1, 0.15) is 0 Å². The van der Waals surface area contributed by atoms with Gasteiger partial charge in [-0.3, -0.25) is 0 Å². The van der Waals surface area contributed by atoms with E-state index in [0.717, 1.165) is 0 Å². The van der Waals surface area contributed by atoms with Gasteiger partial charge in [0.2, 0.25) is 18.3 Å². The van der Waals surface area contributed by atoms with Crippen molar-refractivity contribution in [3.63, 3.8) is 0 Å². The second kappa shape index (κ2) is 4.48. The number of halogens is 3. The highest BCUT2D eigenvalue weighted by Gasteiger charge is 2.35. The lowest BCUT2D eigenvalue weighted by molar-refractivity contribution is 0.0608. The van der Waals surface area contributed by atoms with Gasteiger partial charge in [0.05, 0.1) is 23.7 Å². The maximum atomic E-state index is 12.3. The number of nitrogens with zero attached hydrogens (tertiary/aromatic N) is 3. The monoisotopic (exact) mass is 293 g/mol. The lowest BCUT2D eigenvalue weighted by Crippen LogP contribution is -2.50. The molecule has 7 heteroatoms. The molecule has 1 aromatic rings. The molecule has 1 aromatic heterocycles. The van der Waals surface area contributed by atoms with Gasteiger partial charge in [-0.25, -0.2) is 13.8 Å². The van der Waals surface area contributed by atoms with Crippen LogP contribution in [0.2, 0.25) is 0 Å². The normalized spacial score (nSPS) is 16.4. The Morgan fingerprint density at radius 1 is 1.56 bits per heavy atom. The largest absolute Gasteiger partial charge is 0.480 e. The lowest BCUT2D eigenvalue weighted by atomic mass is 10.0. The molecule has 0 amide bonds. The summed E-state index contributed by atoms with van der Waals surface area (Å²) in [5.74, 6) is 0.265. The van der Waals surface area contributed by atoms with Gasteiger partial charge in [0, 0.05) is 13.1 Å². The van der Waals surface area contributed by atoms with Gasteiger partial charge in [0.25, 0.3) is 0 Å². The molecule has 0 aromatic carbocycles. The van der Waals surface area contributed by atoms with Crippen molar-refractivity contribution in [2.45, 2.75) is 6.43 Å². The fourth-order valence-corrected chi connectivity index (χ4v) is 1.83. The zero-order chi connectivity index (χ0) is 11.7. The molecule has 0 bridgehead atoms. The average Bonchev–Trinajstić information content (AvgIpc) is 2.17. The number of hydrogen-bond acceptors (Lipinski definition) is 4. The van der Waals surface area contributed by atoms with Crippen LogP contribution in [0.5, 0.6) is 5.88 Å². The molecule has 2 heterocycles. The van der Waals surface area contributed by atoms with E-state index in [1.807, 2.05) is 0 Å². The molecule has 4 nitrogen and oxygen atoms in total. The van der Waals surface area contributed by atoms with E-state index in [0.29, 0.717) is 29.4 Å². The molecule has 0 atom stereocenters. The molecule has 0 unspecified atom stereocenters. The molecule has 0 saturated carbocycles. The van der Waals surface area contributed by atoms with E-state index >= 15 is 0 Å². The van der Waals surface area contributed by atoms with Gasteiger partial charge in [0.1, 0.15) is 0 Å². The van der Waals surface area contributed by atoms with E-state index in [1.54, 1.807) is 11.1 Å². The van der Waals surface area contributed by atoms with Crippen LogP contribution in [-0.2, 0) is 0 Å². The topological polar surface area (TPSA) is 38.2 Å². The number of anilines is 1. The van der Waals surface area contributed by atoms with Crippen molar-refractivity contribution < 1.29 is 13.5 Å². The van der Waals surface area contributed by atoms with E-state index in [2.05, 4.69) is 25.9 Å². The maximum Gasteiger partial charge on any atom is 0.244 e. The third-order valence-electron chi connectivity index (χ3n) is 2.44. The Morgan fingerprint density at radius 3 is 2.81 bits per heavy atom. The predicted octanol–water partition coefficient (Wildman–Crippen LogP) is 1.95. The van der Waals surface area contributed by atoms with Crippen molar-refractivity contribution in [3.05, 3.63) is 10.7 Å². The van der Waals surface area contributed by atoms with E-state index in [4.69, 9.17) is 4.74 Å². The first kappa shape index (κ1) is 11.5. The van der Waals surface area contributed by atoms with Gasteiger partial charge in [-0.15, -0.1) is 0 Å². The third kappa shape index (κ3) is 2.09. The van der Waals surface area contributed by atoms with E-state index in [1.165, 1.54) is 7.11 Å². The average molecular weight is 294 g/mol. The number of aromatic nitrogens is 2. The smallest absolute Gasteiger partial charge is 0.244 e. The van der Waals surface area contributed by atoms with Gasteiger partial charge in [-0.2, -0.15) is 4.98 Å². The van der Waals surface area contributed by atoms with Crippen LogP contribution in [0.3, 0.4) is 0 Å². The Labute approximate surface area is 99.8 Å². The predicted molar refractivity (Wildman–Crippen MR) is 58.0 cm³/mol. The second-order valence-electron chi connectivity index (χ2n) is 3.53. The van der Waals surface area contributed by atoms with Crippen LogP contribution >= 0.6 is 15.9 Å². The molecule has 0 spiro atoms. The molecule has 1 aliphatic heterocycles. The van der Waals surface area contributed by atoms with E-state index < -0.39 is 12.3 Å². The van der Waals surface area contributed by atoms with Gasteiger partial charge < -0.3 is 9.64 Å². The summed E-state index contributed by atoms with van der Waals surface area (Å²) >= 11 is 3.23. The molecule has 0 N–H and O–H groups in total. The summed E-state index contributed by atoms with van der Waals surface area (Å²) in [6.45, 7) is 0.588. The van der Waals surface area contributed by atoms with Crippen molar-refractivity contribution in [3.8, 4) is 5.88 Å². The molecule has 1 saturated heterocycles. The highest BCUT2D eigenvalue weighted by atomic mass is 79.9. The molecule has 16 heavy (non-hydrogen) atoms. The molecular weight excluding hydrogens is 284 g/mol. The Balaban J connectivity index is 2.06. The minimum Gasteiger partial charge on any atom is -0.480 e.